The number of carbonyl (C=O) groups excluding carboxylic acids is 5. The van der Waals surface area contributed by atoms with Crippen LogP contribution in [0.1, 0.15) is 71.4 Å². The van der Waals surface area contributed by atoms with Crippen LogP contribution in [-0.2, 0) is 51.1 Å². The maximum absolute atomic E-state index is 14.7. The molecule has 14 nitrogen and oxygen atoms in total. The van der Waals surface area contributed by atoms with E-state index in [1.54, 1.807) is 6.92 Å². The van der Waals surface area contributed by atoms with Gasteiger partial charge >= 0.3 is 5.97 Å². The van der Waals surface area contributed by atoms with Crippen LogP contribution < -0.4 is 16.0 Å². The summed E-state index contributed by atoms with van der Waals surface area (Å²) in [5.74, 6) is -1.96. The first-order chi connectivity index (χ1) is 28.6. The molecule has 14 heteroatoms. The number of nitrogens with one attached hydrogen (secondary N) is 3. The van der Waals surface area contributed by atoms with E-state index < -0.39 is 71.7 Å². The second-order valence-electron chi connectivity index (χ2n) is 17.0. The molecule has 326 valence electrons. The van der Waals surface area contributed by atoms with E-state index in [1.165, 1.54) is 4.90 Å². The fourth-order valence-electron chi connectivity index (χ4n) is 7.34. The van der Waals surface area contributed by atoms with Crippen molar-refractivity contribution in [3.05, 3.63) is 71.8 Å². The number of hydrogen-bond donors (Lipinski definition) is 4. The Morgan fingerprint density at radius 1 is 0.817 bits per heavy atom. The summed E-state index contributed by atoms with van der Waals surface area (Å²) in [7, 11) is 0. The number of ketones is 1. The van der Waals surface area contributed by atoms with Crippen LogP contribution in [0.4, 0.5) is 0 Å². The van der Waals surface area contributed by atoms with Gasteiger partial charge in [-0.15, -0.1) is 12.3 Å². The molecule has 2 aliphatic heterocycles. The molecule has 4 N–H and O–H groups in total. The van der Waals surface area contributed by atoms with Crippen molar-refractivity contribution in [1.29, 1.82) is 0 Å². The number of rotatable bonds is 24. The van der Waals surface area contributed by atoms with Crippen molar-refractivity contribution in [3.8, 4) is 12.3 Å². The van der Waals surface area contributed by atoms with Crippen molar-refractivity contribution in [3.63, 3.8) is 0 Å². The van der Waals surface area contributed by atoms with Crippen LogP contribution in [-0.4, -0.2) is 126 Å². The monoisotopic (exact) mass is 829 g/mol. The standard InChI is InChI=1S/C46H63N5O9/c1-7-33(27-41(53)54)28-51(40(52)29-50-20-22-59-23-21-50)39(19-18-34-14-10-8-11-15-34)45(58)49-37(25-32(4)5)43(56)48-38(26-35-16-12-9-13-17-35)44(57)47-36(24-31(2)3)42(55)46(6)30-60-46/h1,8-17,31-33,36-39H,18-30H2,2-6H3,(H,47,57)(H,48,56)(H,49,58)(H,53,54)/t33-,36+,37+,38+,39?,46-/m1/s1. The predicted molar refractivity (Wildman–Crippen MR) is 226 cm³/mol. The minimum atomic E-state index is -1.14. The van der Waals surface area contributed by atoms with Crippen molar-refractivity contribution >= 4 is 35.4 Å². The van der Waals surface area contributed by atoms with Gasteiger partial charge in [-0.05, 0) is 55.6 Å². The molecule has 0 radical (unpaired) electrons. The van der Waals surface area contributed by atoms with Gasteiger partial charge in [0.2, 0.25) is 23.6 Å². The molecular weight excluding hydrogens is 767 g/mol. The minimum Gasteiger partial charge on any atom is -0.481 e. The third-order valence-electron chi connectivity index (χ3n) is 10.8. The molecule has 1 unspecified atom stereocenters. The molecule has 2 aromatic carbocycles. The second-order valence-corrected chi connectivity index (χ2v) is 17.0. The molecule has 60 heavy (non-hydrogen) atoms. The number of amides is 4. The minimum absolute atomic E-state index is 0.0411. The summed E-state index contributed by atoms with van der Waals surface area (Å²) in [5, 5.41) is 18.4. The van der Waals surface area contributed by atoms with Crippen molar-refractivity contribution in [2.45, 2.75) is 103 Å². The quantitative estimate of drug-likeness (QED) is 0.0906. The number of hydrogen-bond acceptors (Lipinski definition) is 9. The molecule has 0 spiro atoms. The maximum Gasteiger partial charge on any atom is 0.304 e. The van der Waals surface area contributed by atoms with Gasteiger partial charge in [0.25, 0.3) is 0 Å². The molecule has 4 amide bonds. The number of morpholine rings is 1. The zero-order chi connectivity index (χ0) is 43.8. The second kappa shape index (κ2) is 23.0. The van der Waals surface area contributed by atoms with Crippen LogP contribution in [0.2, 0.25) is 0 Å². The Labute approximate surface area is 354 Å². The first-order valence-corrected chi connectivity index (χ1v) is 21.0. The SMILES string of the molecule is C#C[C@H](CC(=O)O)CN(C(=O)CN1CCOCC1)C(CCc1ccccc1)C(=O)N[C@@H](CC(C)C)C(=O)N[C@@H](Cc1ccccc1)C(=O)N[C@@H](CC(C)C)C(=O)[C@@]1(C)CO1. The number of carbonyl (C=O) groups is 6. The maximum atomic E-state index is 14.7. The molecule has 0 bridgehead atoms. The Morgan fingerprint density at radius 3 is 1.90 bits per heavy atom. The summed E-state index contributed by atoms with van der Waals surface area (Å²) in [6.45, 7) is 11.3. The van der Waals surface area contributed by atoms with E-state index in [2.05, 4.69) is 21.9 Å². The first kappa shape index (κ1) is 47.6. The van der Waals surface area contributed by atoms with Gasteiger partial charge in [-0.2, -0.15) is 0 Å². The number of terminal acetylenes is 1. The number of aryl methyl sites for hydroxylation is 1. The number of nitrogens with zero attached hydrogens (tertiary/aromatic N) is 2. The van der Waals surface area contributed by atoms with Gasteiger partial charge in [0.15, 0.2) is 5.78 Å². The van der Waals surface area contributed by atoms with E-state index >= 15 is 0 Å². The first-order valence-electron chi connectivity index (χ1n) is 21.0. The van der Waals surface area contributed by atoms with E-state index in [1.807, 2.05) is 93.3 Å². The van der Waals surface area contributed by atoms with E-state index in [-0.39, 0.29) is 56.6 Å². The molecule has 6 atom stereocenters. The predicted octanol–water partition coefficient (Wildman–Crippen LogP) is 3.02. The summed E-state index contributed by atoms with van der Waals surface area (Å²) < 4.78 is 10.9. The van der Waals surface area contributed by atoms with Crippen LogP contribution in [0.25, 0.3) is 0 Å². The lowest BCUT2D eigenvalue weighted by Crippen LogP contribution is -2.60. The number of ether oxygens (including phenoxy) is 2. The van der Waals surface area contributed by atoms with Crippen LogP contribution in [0, 0.1) is 30.1 Å². The Hall–Kier alpha value is -5.10. The average molecular weight is 830 g/mol. The largest absolute Gasteiger partial charge is 0.481 e. The van der Waals surface area contributed by atoms with Gasteiger partial charge in [0.1, 0.15) is 23.7 Å². The fraction of sp³-hybridized carbons (Fsp3) is 0.565. The highest BCUT2D eigenvalue weighted by atomic mass is 16.6. The normalized spacial score (nSPS) is 18.9. The molecule has 2 fully saturated rings. The van der Waals surface area contributed by atoms with Gasteiger partial charge in [-0.3, -0.25) is 33.7 Å². The number of epoxide rings is 1. The summed E-state index contributed by atoms with van der Waals surface area (Å²) >= 11 is 0. The summed E-state index contributed by atoms with van der Waals surface area (Å²) in [6.07, 6.45) is 6.61. The molecule has 0 aromatic heterocycles. The smallest absolute Gasteiger partial charge is 0.304 e. The van der Waals surface area contributed by atoms with Gasteiger partial charge < -0.3 is 35.4 Å². The van der Waals surface area contributed by atoms with Gasteiger partial charge in [-0.1, -0.05) is 88.4 Å². The van der Waals surface area contributed by atoms with E-state index in [9.17, 15) is 33.9 Å². The molecule has 4 rings (SSSR count). The topological polar surface area (TPSA) is 187 Å². The van der Waals surface area contributed by atoms with Gasteiger partial charge in [0, 0.05) is 32.0 Å². The average Bonchev–Trinajstić information content (AvgIpc) is 3.97. The van der Waals surface area contributed by atoms with E-state index in [0.717, 1.165) is 11.1 Å². The Kier molecular flexibility index (Phi) is 18.3. The molecule has 0 aliphatic carbocycles. The van der Waals surface area contributed by atoms with Crippen molar-refractivity contribution in [1.82, 2.24) is 25.8 Å². The van der Waals surface area contributed by atoms with Gasteiger partial charge in [-0.25, -0.2) is 0 Å². The highest BCUT2D eigenvalue weighted by Gasteiger charge is 2.50. The molecule has 2 heterocycles. The molecule has 2 saturated heterocycles. The van der Waals surface area contributed by atoms with E-state index in [0.29, 0.717) is 39.1 Å². The van der Waals surface area contributed by atoms with Crippen LogP contribution in [0.3, 0.4) is 0 Å². The lowest BCUT2D eigenvalue weighted by Gasteiger charge is -2.36. The zero-order valence-electron chi connectivity index (χ0n) is 35.7. The highest BCUT2D eigenvalue weighted by Crippen LogP contribution is 2.30. The molecule has 0 saturated carbocycles. The fourth-order valence-corrected chi connectivity index (χ4v) is 7.34. The van der Waals surface area contributed by atoms with Crippen molar-refractivity contribution in [2.75, 3.05) is 46.0 Å². The van der Waals surface area contributed by atoms with Crippen LogP contribution in [0.5, 0.6) is 0 Å². The lowest BCUT2D eigenvalue weighted by atomic mass is 9.93. The highest BCUT2D eigenvalue weighted by molar-refractivity contribution is 5.99. The molecular formula is C46H63N5O9. The summed E-state index contributed by atoms with van der Waals surface area (Å²) in [6, 6.07) is 14.4. The number of carboxylic acids is 1. The lowest BCUT2D eigenvalue weighted by molar-refractivity contribution is -0.145. The number of aliphatic carboxylic acids is 1. The zero-order valence-corrected chi connectivity index (χ0v) is 35.7. The Balaban J connectivity index is 1.65. The molecule has 2 aromatic rings. The van der Waals surface area contributed by atoms with Crippen molar-refractivity contribution in [2.24, 2.45) is 17.8 Å². The third-order valence-corrected chi connectivity index (χ3v) is 10.8. The number of Topliss-reactive ketones (excluding diaryl/α,β-unsaturated/α-hetero) is 1. The number of carboxylic acid groups (broad SMARTS) is 1. The van der Waals surface area contributed by atoms with Crippen LogP contribution in [0.15, 0.2) is 60.7 Å². The number of benzene rings is 2. The summed E-state index contributed by atoms with van der Waals surface area (Å²) in [4.78, 5) is 86.1. The van der Waals surface area contributed by atoms with E-state index in [4.69, 9.17) is 15.9 Å². The van der Waals surface area contributed by atoms with Gasteiger partial charge in [0.05, 0.1) is 38.8 Å². The Bertz CT molecular complexity index is 1790. The van der Waals surface area contributed by atoms with Crippen LogP contribution >= 0.6 is 0 Å². The Morgan fingerprint density at radius 2 is 1.35 bits per heavy atom. The third kappa shape index (κ3) is 15.2. The summed E-state index contributed by atoms with van der Waals surface area (Å²) in [5.41, 5.74) is 0.712. The van der Waals surface area contributed by atoms with Crippen molar-refractivity contribution < 1.29 is 43.3 Å². The molecule has 2 aliphatic rings.